The molecule has 0 atom stereocenters. The minimum absolute atomic E-state index is 0.0314. The van der Waals surface area contributed by atoms with Crippen LogP contribution in [0.25, 0.3) is 28.2 Å². The van der Waals surface area contributed by atoms with Crippen LogP contribution in [0.3, 0.4) is 0 Å². The number of nitrogens with one attached hydrogen (secondary N) is 2. The van der Waals surface area contributed by atoms with Gasteiger partial charge in [0.2, 0.25) is 0 Å². The van der Waals surface area contributed by atoms with Crippen LogP contribution in [0.1, 0.15) is 21.5 Å². The molecule has 4 nitrogen and oxygen atoms in total. The van der Waals surface area contributed by atoms with Gasteiger partial charge in [-0.25, -0.2) is 4.39 Å². The lowest BCUT2D eigenvalue weighted by Gasteiger charge is -2.10. The third-order valence-corrected chi connectivity index (χ3v) is 4.22. The van der Waals surface area contributed by atoms with E-state index in [1.165, 1.54) is 12.1 Å². The lowest BCUT2D eigenvalue weighted by Crippen LogP contribution is -2.07. The van der Waals surface area contributed by atoms with Crippen LogP contribution in [0.4, 0.5) is 4.39 Å². The molecule has 4 aromatic rings. The van der Waals surface area contributed by atoms with Crippen LogP contribution < -0.4 is 0 Å². The van der Waals surface area contributed by atoms with E-state index in [-0.39, 0.29) is 11.3 Å². The minimum atomic E-state index is -0.568. The Labute approximate surface area is 143 Å². The number of benzene rings is 2. The van der Waals surface area contributed by atoms with Crippen molar-refractivity contribution in [3.8, 4) is 11.3 Å². The van der Waals surface area contributed by atoms with E-state index in [0.29, 0.717) is 16.6 Å². The van der Waals surface area contributed by atoms with Crippen molar-refractivity contribution in [3.05, 3.63) is 83.9 Å². The second-order valence-corrected chi connectivity index (χ2v) is 5.67. The molecule has 2 aromatic heterocycles. The summed E-state index contributed by atoms with van der Waals surface area (Å²) in [5.74, 6) is -0.946. The predicted molar refractivity (Wildman–Crippen MR) is 95.8 cm³/mol. The molecule has 0 bridgehead atoms. The third-order valence-electron chi connectivity index (χ3n) is 4.22. The largest absolute Gasteiger partial charge is 0.361 e. The number of ketones is 1. The molecule has 0 aliphatic carbocycles. The van der Waals surface area contributed by atoms with Crippen LogP contribution in [0.5, 0.6) is 0 Å². The van der Waals surface area contributed by atoms with E-state index in [4.69, 9.17) is 0 Å². The normalized spacial score (nSPS) is 10.9. The molecule has 0 spiro atoms. The van der Waals surface area contributed by atoms with Gasteiger partial charge in [-0.3, -0.25) is 9.89 Å². The highest BCUT2D eigenvalue weighted by atomic mass is 19.1. The first kappa shape index (κ1) is 15.1. The van der Waals surface area contributed by atoms with E-state index in [2.05, 4.69) is 21.8 Å². The molecule has 0 saturated carbocycles. The molecule has 0 fully saturated rings. The molecule has 0 radical (unpaired) electrons. The van der Waals surface area contributed by atoms with Crippen molar-refractivity contribution >= 4 is 22.8 Å². The average molecular weight is 331 g/mol. The van der Waals surface area contributed by atoms with Gasteiger partial charge in [-0.15, -0.1) is 0 Å². The molecule has 4 rings (SSSR count). The van der Waals surface area contributed by atoms with Gasteiger partial charge in [-0.05, 0) is 29.8 Å². The van der Waals surface area contributed by atoms with Crippen molar-refractivity contribution in [1.82, 2.24) is 15.2 Å². The van der Waals surface area contributed by atoms with E-state index < -0.39 is 5.82 Å². The Balaban J connectivity index is 1.87. The van der Waals surface area contributed by atoms with Crippen LogP contribution in [0, 0.1) is 5.82 Å². The molecule has 122 valence electrons. The van der Waals surface area contributed by atoms with Gasteiger partial charge >= 0.3 is 0 Å². The van der Waals surface area contributed by atoms with Crippen molar-refractivity contribution < 1.29 is 9.18 Å². The summed E-state index contributed by atoms with van der Waals surface area (Å²) in [5.41, 5.74) is 3.17. The first-order valence-electron chi connectivity index (χ1n) is 7.75. The second-order valence-electron chi connectivity index (χ2n) is 5.67. The number of aromatic amines is 2. The van der Waals surface area contributed by atoms with Crippen molar-refractivity contribution in [2.45, 2.75) is 0 Å². The quantitative estimate of drug-likeness (QED) is 0.538. The van der Waals surface area contributed by atoms with Gasteiger partial charge in [0.05, 0.1) is 11.3 Å². The molecule has 25 heavy (non-hydrogen) atoms. The van der Waals surface area contributed by atoms with E-state index in [1.54, 1.807) is 30.6 Å². The summed E-state index contributed by atoms with van der Waals surface area (Å²) in [6.45, 7) is 3.75. The number of carbonyl (C=O) groups excluding carboxylic acids is 1. The Bertz CT molecular complexity index is 1090. The molecule has 0 amide bonds. The number of H-pyrrole nitrogens is 2. The highest BCUT2D eigenvalue weighted by molar-refractivity contribution is 6.14. The summed E-state index contributed by atoms with van der Waals surface area (Å²) in [6, 6.07) is 12.0. The molecule has 2 N–H and O–H groups in total. The molecule has 0 aliphatic rings. The van der Waals surface area contributed by atoms with Crippen molar-refractivity contribution in [1.29, 1.82) is 0 Å². The number of halogens is 1. The lowest BCUT2D eigenvalue weighted by molar-refractivity contribution is 0.103. The number of fused-ring (bicyclic) bond motifs is 1. The Morgan fingerprint density at radius 2 is 2.08 bits per heavy atom. The Kier molecular flexibility index (Phi) is 3.54. The molecule has 2 heterocycles. The highest BCUT2D eigenvalue weighted by Crippen LogP contribution is 2.28. The van der Waals surface area contributed by atoms with Gasteiger partial charge in [0, 0.05) is 34.4 Å². The van der Waals surface area contributed by atoms with Crippen LogP contribution in [-0.4, -0.2) is 21.0 Å². The molecule has 0 aliphatic heterocycles. The summed E-state index contributed by atoms with van der Waals surface area (Å²) in [7, 11) is 0. The zero-order chi connectivity index (χ0) is 17.4. The van der Waals surface area contributed by atoms with Gasteiger partial charge in [0.1, 0.15) is 5.82 Å². The maximum atomic E-state index is 14.6. The van der Waals surface area contributed by atoms with E-state index >= 15 is 0 Å². The highest BCUT2D eigenvalue weighted by Gasteiger charge is 2.20. The number of nitrogens with zero attached hydrogens (tertiary/aromatic N) is 1. The zero-order valence-corrected chi connectivity index (χ0v) is 13.2. The smallest absolute Gasteiger partial charge is 0.196 e. The first-order valence-corrected chi connectivity index (χ1v) is 7.75. The molecule has 2 aromatic carbocycles. The maximum absolute atomic E-state index is 14.6. The second kappa shape index (κ2) is 5.87. The van der Waals surface area contributed by atoms with Crippen LogP contribution >= 0.6 is 0 Å². The molecular formula is C20H14FN3O. The fourth-order valence-corrected chi connectivity index (χ4v) is 3.03. The summed E-state index contributed by atoms with van der Waals surface area (Å²) in [4.78, 5) is 16.0. The monoisotopic (exact) mass is 331 g/mol. The Morgan fingerprint density at radius 1 is 1.20 bits per heavy atom. The van der Waals surface area contributed by atoms with Crippen LogP contribution in [-0.2, 0) is 0 Å². The van der Waals surface area contributed by atoms with Gasteiger partial charge in [-0.1, -0.05) is 30.9 Å². The third kappa shape index (κ3) is 2.46. The number of aromatic nitrogens is 3. The minimum Gasteiger partial charge on any atom is -0.361 e. The van der Waals surface area contributed by atoms with Crippen molar-refractivity contribution in [2.24, 2.45) is 0 Å². The fraction of sp³-hybridized carbons (Fsp3) is 0. The number of hydrogen-bond acceptors (Lipinski definition) is 2. The summed E-state index contributed by atoms with van der Waals surface area (Å²) in [6.07, 6.45) is 4.87. The predicted octanol–water partition coefficient (Wildman–Crippen LogP) is 4.57. The van der Waals surface area contributed by atoms with Gasteiger partial charge < -0.3 is 4.98 Å². The fourth-order valence-electron chi connectivity index (χ4n) is 3.03. The topological polar surface area (TPSA) is 61.5 Å². The standard InChI is InChI=1S/C20H14FN3O/c1-2-14-15-6-8-22-18(15)11-16(21)19(14)20(25)13-5-3-4-12(10-13)17-7-9-23-24-17/h2-11,22H,1H2,(H,23,24). The van der Waals surface area contributed by atoms with Crippen molar-refractivity contribution in [3.63, 3.8) is 0 Å². The van der Waals surface area contributed by atoms with E-state index in [9.17, 15) is 9.18 Å². The summed E-state index contributed by atoms with van der Waals surface area (Å²) < 4.78 is 14.6. The lowest BCUT2D eigenvalue weighted by atomic mass is 9.94. The molecule has 0 unspecified atom stereocenters. The molecular weight excluding hydrogens is 317 g/mol. The van der Waals surface area contributed by atoms with Crippen molar-refractivity contribution in [2.75, 3.05) is 0 Å². The Hall–Kier alpha value is -3.47. The molecule has 5 heteroatoms. The SMILES string of the molecule is C=Cc1c(C(=O)c2cccc(-c3ccn[nH]3)c2)c(F)cc2[nH]ccc12. The van der Waals surface area contributed by atoms with Crippen LogP contribution in [0.2, 0.25) is 0 Å². The van der Waals surface area contributed by atoms with E-state index in [1.807, 2.05) is 18.2 Å². The van der Waals surface area contributed by atoms with Gasteiger partial charge in [0.25, 0.3) is 0 Å². The number of hydrogen-bond donors (Lipinski definition) is 2. The first-order chi connectivity index (χ1) is 12.2. The van der Waals surface area contributed by atoms with Crippen LogP contribution in [0.15, 0.2) is 61.4 Å². The number of rotatable bonds is 4. The van der Waals surface area contributed by atoms with Gasteiger partial charge in [0.15, 0.2) is 5.78 Å². The number of carbonyl (C=O) groups is 1. The Morgan fingerprint density at radius 3 is 2.84 bits per heavy atom. The average Bonchev–Trinajstić information content (AvgIpc) is 3.31. The van der Waals surface area contributed by atoms with E-state index in [0.717, 1.165) is 16.6 Å². The maximum Gasteiger partial charge on any atom is 0.196 e. The summed E-state index contributed by atoms with van der Waals surface area (Å²) in [5, 5.41) is 7.54. The summed E-state index contributed by atoms with van der Waals surface area (Å²) >= 11 is 0. The molecule has 0 saturated heterocycles. The zero-order valence-electron chi connectivity index (χ0n) is 13.2. The van der Waals surface area contributed by atoms with Gasteiger partial charge in [-0.2, -0.15) is 5.10 Å².